The van der Waals surface area contributed by atoms with Crippen LogP contribution in [0, 0.1) is 11.8 Å². The van der Waals surface area contributed by atoms with Crippen molar-refractivity contribution in [1.82, 2.24) is 15.1 Å². The summed E-state index contributed by atoms with van der Waals surface area (Å²) in [6.45, 7) is 12.6. The van der Waals surface area contributed by atoms with E-state index in [-0.39, 0.29) is 42.7 Å². The first-order valence-electron chi connectivity index (χ1n) is 16.2. The van der Waals surface area contributed by atoms with Crippen molar-refractivity contribution in [2.24, 2.45) is 11.8 Å². The van der Waals surface area contributed by atoms with Crippen LogP contribution in [0.1, 0.15) is 96.3 Å². The highest BCUT2D eigenvalue weighted by molar-refractivity contribution is 5.99. The number of ether oxygens (including phenoxy) is 2. The average Bonchev–Trinajstić information content (AvgIpc) is 2.94. The second-order valence-electron chi connectivity index (χ2n) is 13.0. The van der Waals surface area contributed by atoms with Gasteiger partial charge >= 0.3 is 6.03 Å². The highest BCUT2D eigenvalue weighted by Gasteiger charge is 2.31. The Balaban J connectivity index is 1.87. The third-order valence-electron chi connectivity index (χ3n) is 8.52. The van der Waals surface area contributed by atoms with Gasteiger partial charge in [-0.15, -0.1) is 0 Å². The fraction of sp³-hybridized carbons (Fsp3) is 0.758. The summed E-state index contributed by atoms with van der Waals surface area (Å²) < 4.78 is 12.8. The number of nitrogens with one attached hydrogen (secondary N) is 2. The normalized spacial score (nSPS) is 24.1. The molecule has 42 heavy (non-hydrogen) atoms. The van der Waals surface area contributed by atoms with Gasteiger partial charge in [-0.3, -0.25) is 4.79 Å². The third kappa shape index (κ3) is 10.7. The number of aliphatic hydroxyl groups is 1. The number of benzene rings is 1. The predicted molar refractivity (Wildman–Crippen MR) is 168 cm³/mol. The van der Waals surface area contributed by atoms with Gasteiger partial charge in [0.2, 0.25) is 0 Å². The van der Waals surface area contributed by atoms with Crippen molar-refractivity contribution >= 4 is 17.6 Å². The molecule has 3 rings (SSSR count). The number of anilines is 1. The highest BCUT2D eigenvalue weighted by atomic mass is 16.5. The molecular formula is C33H56N4O5. The van der Waals surface area contributed by atoms with Gasteiger partial charge in [-0.1, -0.05) is 26.2 Å². The fourth-order valence-corrected chi connectivity index (χ4v) is 6.08. The maximum atomic E-state index is 14.2. The first-order valence-corrected chi connectivity index (χ1v) is 16.2. The van der Waals surface area contributed by atoms with Gasteiger partial charge < -0.3 is 35.0 Å². The van der Waals surface area contributed by atoms with E-state index < -0.39 is 6.04 Å². The standard InChI is InChI=1S/C33H56N4O5/c1-23(2)34-33(40)35-28-15-16-30-29(18-28)32(39)37(25(4)22-38)19-24(3)31(41-17-11-10-12-26(5)42-30)21-36(6)20-27-13-8-7-9-14-27/h15-16,18,23-27,31,38H,7-14,17,19-22H2,1-6H3,(H2,34,35,40)/t24-,25-,26+,31+/m0/s1. The average molecular weight is 589 g/mol. The van der Waals surface area contributed by atoms with Crippen molar-refractivity contribution in [2.75, 3.05) is 45.2 Å². The summed E-state index contributed by atoms with van der Waals surface area (Å²) in [5.74, 6) is 1.04. The minimum absolute atomic E-state index is 0.0209. The number of likely N-dealkylation sites (N-methyl/N-ethyl adjacent to an activating group) is 1. The van der Waals surface area contributed by atoms with Crippen LogP contribution in [0.3, 0.4) is 0 Å². The zero-order valence-electron chi connectivity index (χ0n) is 26.9. The van der Waals surface area contributed by atoms with Crippen LogP contribution >= 0.6 is 0 Å². The molecule has 9 nitrogen and oxygen atoms in total. The van der Waals surface area contributed by atoms with Gasteiger partial charge in [0.25, 0.3) is 5.91 Å². The van der Waals surface area contributed by atoms with E-state index >= 15 is 0 Å². The summed E-state index contributed by atoms with van der Waals surface area (Å²) in [6, 6.07) is 4.45. The fourth-order valence-electron chi connectivity index (χ4n) is 6.08. The molecule has 9 heteroatoms. The van der Waals surface area contributed by atoms with E-state index in [2.05, 4.69) is 29.5 Å². The van der Waals surface area contributed by atoms with Crippen molar-refractivity contribution in [2.45, 2.75) is 110 Å². The summed E-state index contributed by atoms with van der Waals surface area (Å²) in [4.78, 5) is 30.8. The van der Waals surface area contributed by atoms with Gasteiger partial charge in [0.05, 0.1) is 30.4 Å². The van der Waals surface area contributed by atoms with E-state index in [1.54, 1.807) is 23.1 Å². The first-order chi connectivity index (χ1) is 20.1. The van der Waals surface area contributed by atoms with E-state index in [1.807, 2.05) is 27.7 Å². The first kappa shape index (κ1) is 34.1. The molecule has 1 aliphatic heterocycles. The van der Waals surface area contributed by atoms with Gasteiger partial charge in [0, 0.05) is 43.9 Å². The van der Waals surface area contributed by atoms with Crippen LogP contribution < -0.4 is 15.4 Å². The molecule has 1 aliphatic carbocycles. The van der Waals surface area contributed by atoms with E-state index in [1.165, 1.54) is 32.1 Å². The van der Waals surface area contributed by atoms with Gasteiger partial charge in [-0.2, -0.15) is 0 Å². The number of fused-ring (bicyclic) bond motifs is 1. The molecule has 3 N–H and O–H groups in total. The number of carbonyl (C=O) groups excluding carboxylic acids is 2. The number of carbonyl (C=O) groups is 2. The largest absolute Gasteiger partial charge is 0.490 e. The molecule has 1 aromatic rings. The lowest BCUT2D eigenvalue weighted by atomic mass is 9.89. The maximum absolute atomic E-state index is 14.2. The predicted octanol–water partition coefficient (Wildman–Crippen LogP) is 5.52. The van der Waals surface area contributed by atoms with Crippen LogP contribution in [0.15, 0.2) is 18.2 Å². The Bertz CT molecular complexity index is 983. The lowest BCUT2D eigenvalue weighted by molar-refractivity contribution is -0.0190. The summed E-state index contributed by atoms with van der Waals surface area (Å²) >= 11 is 0. The topological polar surface area (TPSA) is 103 Å². The van der Waals surface area contributed by atoms with Gasteiger partial charge in [-0.25, -0.2) is 4.79 Å². The van der Waals surface area contributed by atoms with E-state index in [0.29, 0.717) is 30.2 Å². The van der Waals surface area contributed by atoms with E-state index in [9.17, 15) is 14.7 Å². The molecule has 1 heterocycles. The molecule has 0 bridgehead atoms. The maximum Gasteiger partial charge on any atom is 0.319 e. The molecule has 0 radical (unpaired) electrons. The minimum Gasteiger partial charge on any atom is -0.490 e. The summed E-state index contributed by atoms with van der Waals surface area (Å²) in [5.41, 5.74) is 0.883. The van der Waals surface area contributed by atoms with Crippen LogP contribution in [0.2, 0.25) is 0 Å². The molecule has 1 fully saturated rings. The summed E-state index contributed by atoms with van der Waals surface area (Å²) in [6.07, 6.45) is 9.23. The molecular weight excluding hydrogens is 532 g/mol. The Labute approximate surface area is 253 Å². The Morgan fingerprint density at radius 2 is 1.79 bits per heavy atom. The lowest BCUT2D eigenvalue weighted by Gasteiger charge is -2.36. The van der Waals surface area contributed by atoms with Gasteiger partial charge in [-0.05, 0) is 91.0 Å². The van der Waals surface area contributed by atoms with Crippen molar-refractivity contribution in [1.29, 1.82) is 0 Å². The molecule has 4 atom stereocenters. The van der Waals surface area contributed by atoms with Crippen LogP contribution in [-0.4, -0.2) is 91.0 Å². The molecule has 3 amide bonds. The number of amides is 3. The molecule has 0 unspecified atom stereocenters. The SMILES string of the molecule is CC(C)NC(=O)Nc1ccc2c(c1)C(=O)N([C@@H](C)CO)C[C@H](C)[C@@H](CN(C)CC1CCCCC1)OCCCC[C@@H](C)O2. The van der Waals surface area contributed by atoms with Crippen LogP contribution in [0.4, 0.5) is 10.5 Å². The zero-order chi connectivity index (χ0) is 30.6. The smallest absolute Gasteiger partial charge is 0.319 e. The number of hydrogen-bond acceptors (Lipinski definition) is 6. The Morgan fingerprint density at radius 3 is 2.48 bits per heavy atom. The number of rotatable bonds is 8. The number of aliphatic hydroxyl groups excluding tert-OH is 1. The molecule has 1 aromatic carbocycles. The Kier molecular flexibility index (Phi) is 13.9. The van der Waals surface area contributed by atoms with E-state index in [4.69, 9.17) is 9.47 Å². The molecule has 1 saturated carbocycles. The monoisotopic (exact) mass is 588 g/mol. The number of nitrogens with zero attached hydrogens (tertiary/aromatic N) is 2. The zero-order valence-corrected chi connectivity index (χ0v) is 26.9. The summed E-state index contributed by atoms with van der Waals surface area (Å²) in [5, 5.41) is 15.8. The number of urea groups is 1. The van der Waals surface area contributed by atoms with Gasteiger partial charge in [0.1, 0.15) is 5.75 Å². The molecule has 0 spiro atoms. The molecule has 238 valence electrons. The van der Waals surface area contributed by atoms with Crippen molar-refractivity contribution in [3.8, 4) is 5.75 Å². The highest BCUT2D eigenvalue weighted by Crippen LogP contribution is 2.29. The van der Waals surface area contributed by atoms with Crippen molar-refractivity contribution < 1.29 is 24.2 Å². The molecule has 2 aliphatic rings. The van der Waals surface area contributed by atoms with Crippen LogP contribution in [0.25, 0.3) is 0 Å². The van der Waals surface area contributed by atoms with Gasteiger partial charge in [0.15, 0.2) is 0 Å². The Hall–Kier alpha value is -2.36. The van der Waals surface area contributed by atoms with Crippen LogP contribution in [0.5, 0.6) is 5.75 Å². The van der Waals surface area contributed by atoms with E-state index in [0.717, 1.165) is 38.3 Å². The van der Waals surface area contributed by atoms with Crippen molar-refractivity contribution in [3.05, 3.63) is 23.8 Å². The molecule has 0 saturated heterocycles. The lowest BCUT2D eigenvalue weighted by Crippen LogP contribution is -2.47. The quantitative estimate of drug-likeness (QED) is 0.369. The van der Waals surface area contributed by atoms with Crippen molar-refractivity contribution in [3.63, 3.8) is 0 Å². The summed E-state index contributed by atoms with van der Waals surface area (Å²) in [7, 11) is 2.19. The second kappa shape index (κ2) is 17.1. The second-order valence-corrected chi connectivity index (χ2v) is 13.0. The number of hydrogen-bond donors (Lipinski definition) is 3. The van der Waals surface area contributed by atoms with Crippen LogP contribution in [-0.2, 0) is 4.74 Å². The molecule has 0 aromatic heterocycles. The minimum atomic E-state index is -0.403. The Morgan fingerprint density at radius 1 is 1.07 bits per heavy atom. The third-order valence-corrected chi connectivity index (χ3v) is 8.52.